The van der Waals surface area contributed by atoms with Crippen molar-refractivity contribution in [1.29, 1.82) is 0 Å². The van der Waals surface area contributed by atoms with Gasteiger partial charge in [0.1, 0.15) is 18.0 Å². The lowest BCUT2D eigenvalue weighted by atomic mass is 9.90. The van der Waals surface area contributed by atoms with Gasteiger partial charge in [-0.3, -0.25) is 9.59 Å². The molecule has 9 nitrogen and oxygen atoms in total. The quantitative estimate of drug-likeness (QED) is 0.456. The summed E-state index contributed by atoms with van der Waals surface area (Å²) in [5, 5.41) is 17.8. The Morgan fingerprint density at radius 1 is 1.18 bits per heavy atom. The number of aliphatic hydroxyl groups excluding tert-OH is 1. The van der Waals surface area contributed by atoms with Gasteiger partial charge in [0.25, 0.3) is 5.91 Å². The van der Waals surface area contributed by atoms with E-state index in [0.29, 0.717) is 38.8 Å². The van der Waals surface area contributed by atoms with Gasteiger partial charge in [-0.1, -0.05) is 18.8 Å². The molecule has 1 saturated heterocycles. The van der Waals surface area contributed by atoms with Crippen molar-refractivity contribution in [2.75, 3.05) is 30.3 Å². The zero-order valence-electron chi connectivity index (χ0n) is 18.9. The fourth-order valence-corrected chi connectivity index (χ4v) is 4.34. The van der Waals surface area contributed by atoms with Crippen molar-refractivity contribution >= 4 is 23.6 Å². The van der Waals surface area contributed by atoms with Crippen LogP contribution in [0.4, 0.5) is 24.9 Å². The molecule has 2 aliphatic rings. The van der Waals surface area contributed by atoms with Crippen LogP contribution in [0.3, 0.4) is 0 Å². The molecule has 1 aliphatic carbocycles. The van der Waals surface area contributed by atoms with Gasteiger partial charge in [0.2, 0.25) is 11.9 Å². The smallest absolute Gasteiger partial charge is 0.387 e. The lowest BCUT2D eigenvalue weighted by Gasteiger charge is -2.34. The highest BCUT2D eigenvalue weighted by Gasteiger charge is 2.37. The van der Waals surface area contributed by atoms with Crippen LogP contribution >= 0.6 is 0 Å². The van der Waals surface area contributed by atoms with E-state index in [0.717, 1.165) is 19.0 Å². The molecule has 0 spiro atoms. The van der Waals surface area contributed by atoms with Crippen molar-refractivity contribution in [3.63, 3.8) is 0 Å². The number of aliphatic hydroxyl groups is 1. The van der Waals surface area contributed by atoms with Gasteiger partial charge < -0.3 is 26.0 Å². The molecule has 1 saturated carbocycles. The van der Waals surface area contributed by atoms with E-state index in [1.807, 2.05) is 0 Å². The van der Waals surface area contributed by atoms with Crippen LogP contribution in [0, 0.1) is 11.8 Å². The predicted molar refractivity (Wildman–Crippen MR) is 119 cm³/mol. The lowest BCUT2D eigenvalue weighted by molar-refractivity contribution is -0.137. The molecule has 2 amide bonds. The fourth-order valence-electron chi connectivity index (χ4n) is 4.34. The molecule has 1 unspecified atom stereocenters. The van der Waals surface area contributed by atoms with Crippen molar-refractivity contribution in [1.82, 2.24) is 20.2 Å². The highest BCUT2D eigenvalue weighted by atomic mass is 19.4. The number of nitrogens with one attached hydrogen (secondary N) is 3. The molecule has 0 aromatic carbocycles. The van der Waals surface area contributed by atoms with Crippen LogP contribution in [0.1, 0.15) is 51.0 Å². The zero-order chi connectivity index (χ0) is 24.7. The minimum Gasteiger partial charge on any atom is -0.387 e. The SMILES string of the molecule is CC#CC(=O)NC1CCCC[C@H]1Nc1nc(N[C@H]2CCCN(C(=O)CO)C2)ncc1C(F)(F)F. The normalized spacial score (nSPS) is 22.9. The second-order valence-electron chi connectivity index (χ2n) is 8.43. The maximum Gasteiger partial charge on any atom is 0.421 e. The third kappa shape index (κ3) is 6.72. The molecule has 0 radical (unpaired) electrons. The van der Waals surface area contributed by atoms with Crippen molar-refractivity contribution in [2.24, 2.45) is 0 Å². The van der Waals surface area contributed by atoms with Gasteiger partial charge in [-0.25, -0.2) is 4.98 Å². The van der Waals surface area contributed by atoms with Crippen molar-refractivity contribution in [3.8, 4) is 11.8 Å². The van der Waals surface area contributed by atoms with Crippen LogP contribution in [-0.2, 0) is 15.8 Å². The molecule has 1 aromatic heterocycles. The van der Waals surface area contributed by atoms with Crippen LogP contribution in [0.5, 0.6) is 0 Å². The second-order valence-corrected chi connectivity index (χ2v) is 8.43. The van der Waals surface area contributed by atoms with E-state index >= 15 is 0 Å². The van der Waals surface area contributed by atoms with Gasteiger partial charge in [0.15, 0.2) is 0 Å². The van der Waals surface area contributed by atoms with E-state index in [1.165, 1.54) is 11.8 Å². The van der Waals surface area contributed by atoms with E-state index in [4.69, 9.17) is 5.11 Å². The Labute approximate surface area is 195 Å². The molecule has 3 rings (SSSR count). The lowest BCUT2D eigenvalue weighted by Crippen LogP contribution is -2.48. The van der Waals surface area contributed by atoms with Gasteiger partial charge in [-0.05, 0) is 38.5 Å². The summed E-state index contributed by atoms with van der Waals surface area (Å²) in [6.07, 6.45) is 0.247. The number of anilines is 2. The molecule has 2 fully saturated rings. The van der Waals surface area contributed by atoms with E-state index < -0.39 is 36.2 Å². The van der Waals surface area contributed by atoms with E-state index in [-0.39, 0.29) is 23.8 Å². The molecule has 3 atom stereocenters. The average Bonchev–Trinajstić information content (AvgIpc) is 2.79. The number of amides is 2. The summed E-state index contributed by atoms with van der Waals surface area (Å²) < 4.78 is 41.1. The Kier molecular flexibility index (Phi) is 8.55. The molecular formula is C22H29F3N6O3. The number of nitrogens with zero attached hydrogens (tertiary/aromatic N) is 3. The molecular weight excluding hydrogens is 453 g/mol. The summed E-state index contributed by atoms with van der Waals surface area (Å²) in [5.74, 6) is 3.68. The molecule has 4 N–H and O–H groups in total. The Morgan fingerprint density at radius 3 is 2.59 bits per heavy atom. The fraction of sp³-hybridized carbons (Fsp3) is 0.636. The van der Waals surface area contributed by atoms with Gasteiger partial charge in [0, 0.05) is 37.4 Å². The average molecular weight is 483 g/mol. The molecule has 12 heteroatoms. The van der Waals surface area contributed by atoms with Crippen LogP contribution in [0.2, 0.25) is 0 Å². The zero-order valence-corrected chi connectivity index (χ0v) is 18.9. The van der Waals surface area contributed by atoms with Crippen molar-refractivity contribution < 1.29 is 27.9 Å². The first-order valence-corrected chi connectivity index (χ1v) is 11.3. The number of carbonyl (C=O) groups is 2. The molecule has 1 aromatic rings. The summed E-state index contributed by atoms with van der Waals surface area (Å²) in [4.78, 5) is 33.2. The van der Waals surface area contributed by atoms with Crippen LogP contribution in [-0.4, -0.2) is 69.6 Å². The number of piperidine rings is 1. The van der Waals surface area contributed by atoms with E-state index in [2.05, 4.69) is 37.8 Å². The first-order valence-electron chi connectivity index (χ1n) is 11.3. The van der Waals surface area contributed by atoms with Gasteiger partial charge in [-0.2, -0.15) is 18.2 Å². The van der Waals surface area contributed by atoms with Gasteiger partial charge in [0.05, 0.1) is 0 Å². The molecule has 186 valence electrons. The largest absolute Gasteiger partial charge is 0.421 e. The molecule has 0 bridgehead atoms. The first-order chi connectivity index (χ1) is 16.2. The molecule has 34 heavy (non-hydrogen) atoms. The second kappa shape index (κ2) is 11.4. The number of halogens is 3. The Balaban J connectivity index is 1.79. The van der Waals surface area contributed by atoms with Crippen molar-refractivity contribution in [2.45, 2.75) is 69.8 Å². The summed E-state index contributed by atoms with van der Waals surface area (Å²) >= 11 is 0. The van der Waals surface area contributed by atoms with Gasteiger partial charge in [-0.15, -0.1) is 0 Å². The third-order valence-corrected chi connectivity index (χ3v) is 5.98. The molecule has 2 heterocycles. The number of likely N-dealkylation sites (tertiary alicyclic amines) is 1. The van der Waals surface area contributed by atoms with Gasteiger partial charge >= 0.3 is 6.18 Å². The number of alkyl halides is 3. The highest BCUT2D eigenvalue weighted by molar-refractivity contribution is 5.93. The monoisotopic (exact) mass is 482 g/mol. The topological polar surface area (TPSA) is 119 Å². The predicted octanol–water partition coefficient (Wildman–Crippen LogP) is 1.75. The number of rotatable bonds is 6. The maximum absolute atomic E-state index is 13.7. The summed E-state index contributed by atoms with van der Waals surface area (Å²) in [5.41, 5.74) is -0.997. The molecule has 1 aliphatic heterocycles. The summed E-state index contributed by atoms with van der Waals surface area (Å²) in [6, 6.07) is -1.10. The van der Waals surface area contributed by atoms with E-state index in [9.17, 15) is 22.8 Å². The summed E-state index contributed by atoms with van der Waals surface area (Å²) in [7, 11) is 0. The highest BCUT2D eigenvalue weighted by Crippen LogP contribution is 2.35. The van der Waals surface area contributed by atoms with Crippen LogP contribution in [0.15, 0.2) is 6.20 Å². The standard InChI is InChI=1S/C22H29F3N6O3/c1-2-6-18(33)28-16-8-3-4-9-17(16)29-20-15(22(23,24)25)11-26-21(30-20)27-14-7-5-10-31(12-14)19(34)13-32/h11,14,16-17,32H,3-5,7-10,12-13H2,1H3,(H,28,33)(H2,26,27,29,30)/t14-,16?,17+/m0/s1. The minimum absolute atomic E-state index is 0.00652. The number of aromatic nitrogens is 2. The van der Waals surface area contributed by atoms with Crippen molar-refractivity contribution in [3.05, 3.63) is 11.8 Å². The number of hydrogen-bond acceptors (Lipinski definition) is 7. The Hall–Kier alpha value is -3.07. The van der Waals surface area contributed by atoms with E-state index in [1.54, 1.807) is 0 Å². The Morgan fingerprint density at radius 2 is 1.91 bits per heavy atom. The minimum atomic E-state index is -4.67. The van der Waals surface area contributed by atoms with Crippen LogP contribution in [0.25, 0.3) is 0 Å². The maximum atomic E-state index is 13.7. The third-order valence-electron chi connectivity index (χ3n) is 5.98. The number of carbonyl (C=O) groups excluding carboxylic acids is 2. The first kappa shape index (κ1) is 25.6. The van der Waals surface area contributed by atoms with Crippen LogP contribution < -0.4 is 16.0 Å². The Bertz CT molecular complexity index is 946. The number of hydrogen-bond donors (Lipinski definition) is 4. The summed E-state index contributed by atoms with van der Waals surface area (Å²) in [6.45, 7) is 1.74.